The molecule has 0 bridgehead atoms. The minimum atomic E-state index is -0.323. The minimum Gasteiger partial charge on any atom is -0.340 e. The maximum absolute atomic E-state index is 13.3. The van der Waals surface area contributed by atoms with E-state index in [4.69, 9.17) is 0 Å². The van der Waals surface area contributed by atoms with Crippen molar-refractivity contribution in [3.63, 3.8) is 0 Å². The molecule has 4 rings (SSSR count). The molecule has 1 atom stereocenters. The summed E-state index contributed by atoms with van der Waals surface area (Å²) < 4.78 is 0. The van der Waals surface area contributed by atoms with Crippen molar-refractivity contribution in [1.82, 2.24) is 19.7 Å². The predicted molar refractivity (Wildman–Crippen MR) is 107 cm³/mol. The summed E-state index contributed by atoms with van der Waals surface area (Å²) in [5, 5.41) is 0. The van der Waals surface area contributed by atoms with Crippen molar-refractivity contribution in [2.75, 3.05) is 33.2 Å². The lowest BCUT2D eigenvalue weighted by molar-refractivity contribution is -0.148. The van der Waals surface area contributed by atoms with E-state index < -0.39 is 0 Å². The molecule has 6 nitrogen and oxygen atoms in total. The highest BCUT2D eigenvalue weighted by Gasteiger charge is 2.50. The number of rotatable bonds is 5. The van der Waals surface area contributed by atoms with Crippen LogP contribution in [0.5, 0.6) is 0 Å². The SMILES string of the molecule is CN(CC(=O)N1CC[C@@]2(CCCN(C3CCCC3)C2=O)C1)Cc1ccccn1. The second-order valence-electron chi connectivity index (χ2n) is 8.88. The Balaban J connectivity index is 1.34. The smallest absolute Gasteiger partial charge is 0.236 e. The molecule has 3 aliphatic rings. The fraction of sp³-hybridized carbons (Fsp3) is 0.682. The van der Waals surface area contributed by atoms with E-state index in [0.29, 0.717) is 38.1 Å². The Morgan fingerprint density at radius 2 is 2.04 bits per heavy atom. The van der Waals surface area contributed by atoms with Crippen molar-refractivity contribution in [3.8, 4) is 0 Å². The summed E-state index contributed by atoms with van der Waals surface area (Å²) in [5.41, 5.74) is 0.640. The molecule has 1 aliphatic carbocycles. The van der Waals surface area contributed by atoms with Crippen LogP contribution in [0.25, 0.3) is 0 Å². The number of carbonyl (C=O) groups is 2. The number of carbonyl (C=O) groups excluding carboxylic acids is 2. The van der Waals surface area contributed by atoms with Gasteiger partial charge in [0, 0.05) is 38.4 Å². The standard InChI is InChI=1S/C22H32N4O2/c1-24(15-18-7-4-5-12-23-18)16-20(27)25-14-11-22(17-25)10-6-13-26(21(22)28)19-8-2-3-9-19/h4-5,7,12,19H,2-3,6,8-11,13-17H2,1H3/t22-/m0/s1. The summed E-state index contributed by atoms with van der Waals surface area (Å²) in [7, 11) is 1.95. The maximum Gasteiger partial charge on any atom is 0.236 e. The van der Waals surface area contributed by atoms with Crippen LogP contribution in [0.4, 0.5) is 0 Å². The molecule has 3 heterocycles. The molecule has 1 aromatic rings. The molecule has 6 heteroatoms. The summed E-state index contributed by atoms with van der Waals surface area (Å²) in [6, 6.07) is 6.28. The third-order valence-electron chi connectivity index (χ3n) is 6.80. The molecular weight excluding hydrogens is 352 g/mol. The molecule has 1 aromatic heterocycles. The first-order valence-corrected chi connectivity index (χ1v) is 10.7. The monoisotopic (exact) mass is 384 g/mol. The van der Waals surface area contributed by atoms with E-state index in [1.165, 1.54) is 12.8 Å². The lowest BCUT2D eigenvalue weighted by Gasteiger charge is -2.42. The van der Waals surface area contributed by atoms with Crippen LogP contribution in [0, 0.1) is 5.41 Å². The zero-order valence-corrected chi connectivity index (χ0v) is 17.0. The Kier molecular flexibility index (Phi) is 5.67. The van der Waals surface area contributed by atoms with Gasteiger partial charge in [-0.25, -0.2) is 0 Å². The van der Waals surface area contributed by atoms with Crippen LogP contribution in [0.15, 0.2) is 24.4 Å². The van der Waals surface area contributed by atoms with Gasteiger partial charge in [-0.2, -0.15) is 0 Å². The van der Waals surface area contributed by atoms with Crippen molar-refractivity contribution in [2.45, 2.75) is 57.5 Å². The maximum atomic E-state index is 13.3. The lowest BCUT2D eigenvalue weighted by Crippen LogP contribution is -2.53. The lowest BCUT2D eigenvalue weighted by atomic mass is 9.77. The van der Waals surface area contributed by atoms with Crippen molar-refractivity contribution < 1.29 is 9.59 Å². The average Bonchev–Trinajstić information content (AvgIpc) is 3.36. The molecule has 1 spiro atoms. The Bertz CT molecular complexity index is 704. The van der Waals surface area contributed by atoms with Gasteiger partial charge in [0.25, 0.3) is 0 Å². The van der Waals surface area contributed by atoms with E-state index in [2.05, 4.69) is 9.88 Å². The molecule has 0 unspecified atom stereocenters. The van der Waals surface area contributed by atoms with Crippen LogP contribution in [-0.4, -0.2) is 70.8 Å². The molecule has 0 aromatic carbocycles. The second-order valence-corrected chi connectivity index (χ2v) is 8.88. The van der Waals surface area contributed by atoms with E-state index in [0.717, 1.165) is 44.3 Å². The number of likely N-dealkylation sites (tertiary alicyclic amines) is 2. The molecule has 3 fully saturated rings. The Morgan fingerprint density at radius 1 is 1.21 bits per heavy atom. The fourth-order valence-corrected chi connectivity index (χ4v) is 5.28. The van der Waals surface area contributed by atoms with Gasteiger partial charge in [-0.3, -0.25) is 19.5 Å². The van der Waals surface area contributed by atoms with Crippen molar-refractivity contribution in [2.24, 2.45) is 5.41 Å². The summed E-state index contributed by atoms with van der Waals surface area (Å²) in [4.78, 5) is 36.6. The van der Waals surface area contributed by atoms with Crippen molar-refractivity contribution >= 4 is 11.8 Å². The second kappa shape index (κ2) is 8.19. The van der Waals surface area contributed by atoms with Crippen LogP contribution in [0.1, 0.15) is 50.6 Å². The molecule has 2 aliphatic heterocycles. The molecule has 0 N–H and O–H groups in total. The molecule has 2 saturated heterocycles. The highest BCUT2D eigenvalue weighted by Crippen LogP contribution is 2.42. The topological polar surface area (TPSA) is 56.8 Å². The Hall–Kier alpha value is -1.95. The number of piperidine rings is 1. The average molecular weight is 385 g/mol. The minimum absolute atomic E-state index is 0.126. The third-order valence-corrected chi connectivity index (χ3v) is 6.80. The molecule has 2 amide bonds. The zero-order chi connectivity index (χ0) is 19.6. The first-order valence-electron chi connectivity index (χ1n) is 10.7. The van der Waals surface area contributed by atoms with Gasteiger partial charge in [0.2, 0.25) is 11.8 Å². The number of nitrogens with zero attached hydrogens (tertiary/aromatic N) is 4. The van der Waals surface area contributed by atoms with Crippen LogP contribution in [0.2, 0.25) is 0 Å². The van der Waals surface area contributed by atoms with Gasteiger partial charge in [-0.05, 0) is 51.3 Å². The van der Waals surface area contributed by atoms with Gasteiger partial charge in [0.05, 0.1) is 17.7 Å². The van der Waals surface area contributed by atoms with Gasteiger partial charge in [0.15, 0.2) is 0 Å². The van der Waals surface area contributed by atoms with E-state index >= 15 is 0 Å². The number of hydrogen-bond acceptors (Lipinski definition) is 4. The summed E-state index contributed by atoms with van der Waals surface area (Å²) >= 11 is 0. The van der Waals surface area contributed by atoms with Crippen molar-refractivity contribution in [1.29, 1.82) is 0 Å². The van der Waals surface area contributed by atoms with E-state index in [-0.39, 0.29) is 11.3 Å². The van der Waals surface area contributed by atoms with Crippen molar-refractivity contribution in [3.05, 3.63) is 30.1 Å². The first kappa shape index (κ1) is 19.4. The normalized spacial score (nSPS) is 26.0. The molecule has 152 valence electrons. The molecule has 28 heavy (non-hydrogen) atoms. The van der Waals surface area contributed by atoms with E-state index in [1.807, 2.05) is 35.0 Å². The molecule has 0 radical (unpaired) electrons. The van der Waals surface area contributed by atoms with Gasteiger partial charge in [-0.1, -0.05) is 18.9 Å². The quantitative estimate of drug-likeness (QED) is 0.782. The molecule has 1 saturated carbocycles. The largest absolute Gasteiger partial charge is 0.340 e. The highest BCUT2D eigenvalue weighted by molar-refractivity contribution is 5.86. The summed E-state index contributed by atoms with van der Waals surface area (Å²) in [5.74, 6) is 0.448. The Morgan fingerprint density at radius 3 is 2.79 bits per heavy atom. The van der Waals surface area contributed by atoms with Crippen LogP contribution in [0.3, 0.4) is 0 Å². The molecular formula is C22H32N4O2. The van der Waals surface area contributed by atoms with E-state index in [9.17, 15) is 9.59 Å². The summed E-state index contributed by atoms with van der Waals surface area (Å²) in [6.07, 6.45) is 9.41. The first-order chi connectivity index (χ1) is 13.6. The van der Waals surface area contributed by atoms with E-state index in [1.54, 1.807) is 6.20 Å². The fourth-order valence-electron chi connectivity index (χ4n) is 5.28. The van der Waals surface area contributed by atoms with Crippen LogP contribution < -0.4 is 0 Å². The number of pyridine rings is 1. The number of amides is 2. The van der Waals surface area contributed by atoms with Crippen LogP contribution >= 0.6 is 0 Å². The van der Waals surface area contributed by atoms with Gasteiger partial charge in [0.1, 0.15) is 0 Å². The Labute approximate surface area is 167 Å². The van der Waals surface area contributed by atoms with Gasteiger partial charge in [-0.15, -0.1) is 0 Å². The summed E-state index contributed by atoms with van der Waals surface area (Å²) in [6.45, 7) is 3.24. The number of hydrogen-bond donors (Lipinski definition) is 0. The third kappa shape index (κ3) is 3.93. The number of likely N-dealkylation sites (N-methyl/N-ethyl adjacent to an activating group) is 1. The number of aromatic nitrogens is 1. The highest BCUT2D eigenvalue weighted by atomic mass is 16.2. The van der Waals surface area contributed by atoms with Gasteiger partial charge < -0.3 is 9.80 Å². The van der Waals surface area contributed by atoms with Crippen LogP contribution in [-0.2, 0) is 16.1 Å². The van der Waals surface area contributed by atoms with Gasteiger partial charge >= 0.3 is 0 Å². The predicted octanol–water partition coefficient (Wildman–Crippen LogP) is 2.30. The zero-order valence-electron chi connectivity index (χ0n) is 17.0.